The number of thiophene rings is 1. The van der Waals surface area contributed by atoms with Crippen LogP contribution in [0.25, 0.3) is 10.1 Å². The maximum absolute atomic E-state index is 15.5. The van der Waals surface area contributed by atoms with Gasteiger partial charge in [-0.05, 0) is 17.7 Å². The Morgan fingerprint density at radius 2 is 1.57 bits per heavy atom. The number of hydrogen-bond donors (Lipinski definition) is 2. The van der Waals surface area contributed by atoms with Crippen LogP contribution < -0.4 is 18.9 Å². The second kappa shape index (κ2) is 13.9. The summed E-state index contributed by atoms with van der Waals surface area (Å²) in [6.07, 6.45) is -0.534. The van der Waals surface area contributed by atoms with Crippen LogP contribution in [0.5, 0.6) is 23.0 Å². The Morgan fingerprint density at radius 1 is 0.932 bits per heavy atom. The number of carboxylic acid groups (broad SMARTS) is 2. The fourth-order valence-electron chi connectivity index (χ4n) is 4.68. The predicted octanol–water partition coefficient (Wildman–Crippen LogP) is 5.05. The molecule has 4 rings (SSSR count). The molecular weight excluding hydrogens is 604 g/mol. The Bertz CT molecular complexity index is 1600. The van der Waals surface area contributed by atoms with Crippen LogP contribution in [0.1, 0.15) is 53.4 Å². The first kappa shape index (κ1) is 32.5. The van der Waals surface area contributed by atoms with Gasteiger partial charge in [0.15, 0.2) is 40.4 Å². The molecule has 2 heterocycles. The highest BCUT2D eigenvalue weighted by Crippen LogP contribution is 2.41. The molecule has 44 heavy (non-hydrogen) atoms. The number of aliphatic carboxylic acids is 2. The molecule has 0 fully saturated rings. The van der Waals surface area contributed by atoms with Gasteiger partial charge < -0.3 is 34.1 Å². The summed E-state index contributed by atoms with van der Waals surface area (Å²) in [5, 5.41) is 18.0. The second-order valence-electron chi connectivity index (χ2n) is 10.2. The first-order valence-corrected chi connectivity index (χ1v) is 14.5. The molecule has 1 aliphatic heterocycles. The van der Waals surface area contributed by atoms with Crippen molar-refractivity contribution in [3.05, 3.63) is 45.8 Å². The van der Waals surface area contributed by atoms with Gasteiger partial charge in [0.1, 0.15) is 0 Å². The average molecular weight is 636 g/mol. The SMILES string of the molecule is COc1cc2c(c(F)c1OCCCOc1c(OC)cc3sc(C(=O)CCC(=O)O)cc3c1F)CN(C(=O)C[C@H](C)C(=O)O)C2. The third-order valence-corrected chi connectivity index (χ3v) is 8.21. The predicted molar refractivity (Wildman–Crippen MR) is 154 cm³/mol. The summed E-state index contributed by atoms with van der Waals surface area (Å²) in [4.78, 5) is 48.4. The van der Waals surface area contributed by atoms with E-state index in [9.17, 15) is 19.2 Å². The largest absolute Gasteiger partial charge is 0.493 e. The van der Waals surface area contributed by atoms with E-state index >= 15 is 8.78 Å². The maximum atomic E-state index is 15.5. The van der Waals surface area contributed by atoms with Gasteiger partial charge in [0.05, 0.1) is 44.6 Å². The summed E-state index contributed by atoms with van der Waals surface area (Å²) >= 11 is 1.03. The van der Waals surface area contributed by atoms with E-state index < -0.39 is 41.2 Å². The minimum atomic E-state index is -1.10. The molecule has 2 aromatic carbocycles. The summed E-state index contributed by atoms with van der Waals surface area (Å²) in [5.74, 6) is -5.41. The third kappa shape index (κ3) is 7.01. The maximum Gasteiger partial charge on any atom is 0.306 e. The lowest BCUT2D eigenvalue weighted by molar-refractivity contribution is -0.145. The lowest BCUT2D eigenvalue weighted by Crippen LogP contribution is -2.28. The first-order valence-electron chi connectivity index (χ1n) is 13.6. The molecule has 1 aromatic heterocycles. The van der Waals surface area contributed by atoms with E-state index in [1.54, 1.807) is 6.07 Å². The molecule has 0 radical (unpaired) electrons. The molecule has 1 amide bonds. The van der Waals surface area contributed by atoms with Crippen LogP contribution in [0.2, 0.25) is 0 Å². The van der Waals surface area contributed by atoms with Crippen molar-refractivity contribution in [2.24, 2.45) is 5.92 Å². The lowest BCUT2D eigenvalue weighted by atomic mass is 10.1. The van der Waals surface area contributed by atoms with Gasteiger partial charge >= 0.3 is 11.9 Å². The van der Waals surface area contributed by atoms with Gasteiger partial charge in [0, 0.05) is 54.1 Å². The van der Waals surface area contributed by atoms with Crippen LogP contribution in [0.15, 0.2) is 18.2 Å². The number of methoxy groups -OCH3 is 2. The number of carbonyl (C=O) groups is 4. The number of halogens is 2. The Balaban J connectivity index is 1.40. The van der Waals surface area contributed by atoms with Gasteiger partial charge in [-0.1, -0.05) is 6.92 Å². The molecule has 2 N–H and O–H groups in total. The van der Waals surface area contributed by atoms with Crippen molar-refractivity contribution in [3.8, 4) is 23.0 Å². The number of carboxylic acids is 2. The highest BCUT2D eigenvalue weighted by Gasteiger charge is 2.31. The van der Waals surface area contributed by atoms with Crippen molar-refractivity contribution in [1.82, 2.24) is 4.90 Å². The van der Waals surface area contributed by atoms with Gasteiger partial charge in [0.2, 0.25) is 5.91 Å². The topological polar surface area (TPSA) is 149 Å². The average Bonchev–Trinajstić information content (AvgIpc) is 3.62. The number of amides is 1. The van der Waals surface area contributed by atoms with E-state index in [-0.39, 0.29) is 90.8 Å². The number of ether oxygens (including phenoxy) is 4. The standard InChI is InChI=1S/C30H31F2NO10S/c1-15(30(38)39)9-24(35)33-13-16-10-20(40-2)28(27(32)18(16)14-33)42-7-4-8-43-29-21(41-3)12-22-17(26(29)31)11-23(44-22)19(34)5-6-25(36)37/h10-12,15H,4-9,13-14H2,1-3H3,(H,36,37)(H,38,39)/t15-/m0/s1. The Morgan fingerprint density at radius 3 is 2.18 bits per heavy atom. The molecule has 0 spiro atoms. The molecular formula is C30H31F2NO10S. The number of fused-ring (bicyclic) bond motifs is 2. The van der Waals surface area contributed by atoms with Crippen molar-refractivity contribution >= 4 is 45.1 Å². The molecule has 3 aromatic rings. The smallest absolute Gasteiger partial charge is 0.306 e. The van der Waals surface area contributed by atoms with Crippen molar-refractivity contribution in [1.29, 1.82) is 0 Å². The van der Waals surface area contributed by atoms with Crippen LogP contribution in [-0.2, 0) is 27.5 Å². The number of nitrogens with zero attached hydrogens (tertiary/aromatic N) is 1. The molecule has 11 nitrogen and oxygen atoms in total. The van der Waals surface area contributed by atoms with E-state index in [0.717, 1.165) is 11.3 Å². The molecule has 0 aliphatic carbocycles. The van der Waals surface area contributed by atoms with Crippen LogP contribution in [0.3, 0.4) is 0 Å². The zero-order valence-electron chi connectivity index (χ0n) is 24.2. The Labute approximate surface area is 254 Å². The zero-order chi connectivity index (χ0) is 32.1. The summed E-state index contributed by atoms with van der Waals surface area (Å²) in [6.45, 7) is 1.44. The van der Waals surface area contributed by atoms with Crippen LogP contribution in [0, 0.1) is 17.6 Å². The molecule has 14 heteroatoms. The van der Waals surface area contributed by atoms with Gasteiger partial charge in [-0.25, -0.2) is 8.78 Å². The molecule has 1 atom stereocenters. The summed E-state index contributed by atoms with van der Waals surface area (Å²) in [6, 6.07) is 4.47. The van der Waals surface area contributed by atoms with Crippen molar-refractivity contribution in [3.63, 3.8) is 0 Å². The summed E-state index contributed by atoms with van der Waals surface area (Å²) in [7, 11) is 2.69. The number of carbonyl (C=O) groups excluding carboxylic acids is 2. The number of hydrogen-bond acceptors (Lipinski definition) is 9. The van der Waals surface area contributed by atoms with Crippen molar-refractivity contribution in [2.75, 3.05) is 27.4 Å². The quantitative estimate of drug-likeness (QED) is 0.172. The van der Waals surface area contributed by atoms with Gasteiger partial charge in [0.25, 0.3) is 0 Å². The van der Waals surface area contributed by atoms with E-state index in [1.807, 2.05) is 0 Å². The van der Waals surface area contributed by atoms with Crippen LogP contribution in [-0.4, -0.2) is 66.2 Å². The van der Waals surface area contributed by atoms with E-state index in [0.29, 0.717) is 10.3 Å². The molecule has 0 saturated carbocycles. The fourth-order valence-corrected chi connectivity index (χ4v) is 5.73. The normalized spacial score (nSPS) is 13.0. The first-order chi connectivity index (χ1) is 20.9. The van der Waals surface area contributed by atoms with E-state index in [1.165, 1.54) is 38.2 Å². The molecule has 236 valence electrons. The summed E-state index contributed by atoms with van der Waals surface area (Å²) < 4.78 is 53.2. The van der Waals surface area contributed by atoms with Gasteiger partial charge in [-0.3, -0.25) is 19.2 Å². The second-order valence-corrected chi connectivity index (χ2v) is 11.2. The fraction of sp³-hybridized carbons (Fsp3) is 0.400. The van der Waals surface area contributed by atoms with Gasteiger partial charge in [-0.2, -0.15) is 0 Å². The number of ketones is 1. The van der Waals surface area contributed by atoms with Crippen LogP contribution >= 0.6 is 11.3 Å². The van der Waals surface area contributed by atoms with Gasteiger partial charge in [-0.15, -0.1) is 11.3 Å². The molecule has 0 saturated heterocycles. The number of Topliss-reactive ketones (excluding diaryl/α,β-unsaturated/α-hetero) is 1. The highest BCUT2D eigenvalue weighted by atomic mass is 32.1. The minimum Gasteiger partial charge on any atom is -0.493 e. The third-order valence-electron chi connectivity index (χ3n) is 7.09. The molecule has 0 unspecified atom stereocenters. The number of rotatable bonds is 15. The van der Waals surface area contributed by atoms with Crippen LogP contribution in [0.4, 0.5) is 8.78 Å². The zero-order valence-corrected chi connectivity index (χ0v) is 25.1. The van der Waals surface area contributed by atoms with Crippen molar-refractivity contribution < 1.29 is 57.1 Å². The number of benzene rings is 2. The minimum absolute atomic E-state index is 0.0301. The van der Waals surface area contributed by atoms with E-state index in [4.69, 9.17) is 29.2 Å². The lowest BCUT2D eigenvalue weighted by Gasteiger charge is -2.16. The van der Waals surface area contributed by atoms with E-state index in [2.05, 4.69) is 0 Å². The Kier molecular flexibility index (Phi) is 10.2. The molecule has 1 aliphatic rings. The highest BCUT2D eigenvalue weighted by molar-refractivity contribution is 7.20. The van der Waals surface area contributed by atoms with Crippen molar-refractivity contribution in [2.45, 2.75) is 45.7 Å². The summed E-state index contributed by atoms with van der Waals surface area (Å²) in [5.41, 5.74) is 0.787. The molecule has 0 bridgehead atoms. The Hall–Kier alpha value is -4.46. The monoisotopic (exact) mass is 635 g/mol.